The molecule has 4 heterocycles. The Balaban J connectivity index is 1.21. The van der Waals surface area contributed by atoms with Gasteiger partial charge in [0.2, 0.25) is 10.0 Å². The fourth-order valence-electron chi connectivity index (χ4n) is 5.01. The summed E-state index contributed by atoms with van der Waals surface area (Å²) >= 11 is 0. The van der Waals surface area contributed by atoms with Crippen molar-refractivity contribution in [1.82, 2.24) is 9.21 Å². The summed E-state index contributed by atoms with van der Waals surface area (Å²) in [5.74, 6) is -1.78. The largest absolute Gasteiger partial charge is 0.380 e. The molecule has 0 aliphatic carbocycles. The maximum absolute atomic E-state index is 13.5. The molecule has 0 aromatic heterocycles. The molecule has 9 heteroatoms. The Morgan fingerprint density at radius 3 is 2.25 bits per heavy atom. The second-order valence-electron chi connectivity index (χ2n) is 8.76. The second kappa shape index (κ2) is 6.43. The summed E-state index contributed by atoms with van der Waals surface area (Å²) in [5.41, 5.74) is 0.0795. The second-order valence-corrected chi connectivity index (χ2v) is 10.7. The average Bonchev–Trinajstić information content (AvgIpc) is 2.95. The van der Waals surface area contributed by atoms with Crippen molar-refractivity contribution in [3.63, 3.8) is 0 Å². The van der Waals surface area contributed by atoms with Crippen LogP contribution in [0, 0.1) is 17.0 Å². The Morgan fingerprint density at radius 2 is 1.68 bits per heavy atom. The van der Waals surface area contributed by atoms with E-state index in [0.29, 0.717) is 50.1 Å². The van der Waals surface area contributed by atoms with E-state index in [1.807, 2.05) is 0 Å². The highest BCUT2D eigenvalue weighted by Crippen LogP contribution is 2.44. The third-order valence-electron chi connectivity index (χ3n) is 6.71. The lowest BCUT2D eigenvalue weighted by Gasteiger charge is -2.57. The quantitative estimate of drug-likeness (QED) is 0.752. The van der Waals surface area contributed by atoms with Crippen LogP contribution in [-0.4, -0.2) is 75.3 Å². The third kappa shape index (κ3) is 3.08. The van der Waals surface area contributed by atoms with Crippen LogP contribution in [0.25, 0.3) is 0 Å². The molecule has 1 atom stereocenters. The van der Waals surface area contributed by atoms with E-state index in [1.54, 1.807) is 0 Å². The van der Waals surface area contributed by atoms with Crippen molar-refractivity contribution in [3.05, 3.63) is 29.8 Å². The molecule has 6 nitrogen and oxygen atoms in total. The Morgan fingerprint density at radius 1 is 1.04 bits per heavy atom. The monoisotopic (exact) mass is 414 g/mol. The number of rotatable bonds is 3. The number of nitrogens with zero attached hydrogens (tertiary/aromatic N) is 2. The number of ether oxygens (including phenoxy) is 2. The van der Waals surface area contributed by atoms with E-state index in [1.165, 1.54) is 4.31 Å². The van der Waals surface area contributed by atoms with Gasteiger partial charge in [0.1, 0.15) is 11.6 Å². The Kier molecular flexibility index (Phi) is 4.34. The van der Waals surface area contributed by atoms with E-state index in [4.69, 9.17) is 9.47 Å². The number of hydrogen-bond donors (Lipinski definition) is 0. The number of piperidine rings is 1. The Bertz CT molecular complexity index is 854. The molecular formula is C19H24F2N2O4S. The molecule has 0 amide bonds. The predicted molar refractivity (Wildman–Crippen MR) is 96.3 cm³/mol. The summed E-state index contributed by atoms with van der Waals surface area (Å²) in [4.78, 5) is 2.12. The van der Waals surface area contributed by atoms with Crippen molar-refractivity contribution < 1.29 is 26.7 Å². The zero-order valence-corrected chi connectivity index (χ0v) is 16.4. The summed E-state index contributed by atoms with van der Waals surface area (Å²) in [5, 5.41) is 0. The minimum absolute atomic E-state index is 0.289. The molecule has 154 valence electrons. The molecule has 0 bridgehead atoms. The highest BCUT2D eigenvalue weighted by molar-refractivity contribution is 7.89. The molecular weight excluding hydrogens is 390 g/mol. The van der Waals surface area contributed by atoms with Crippen LogP contribution in [0.1, 0.15) is 19.3 Å². The fourth-order valence-corrected chi connectivity index (χ4v) is 6.50. The lowest BCUT2D eigenvalue weighted by atomic mass is 9.76. The van der Waals surface area contributed by atoms with Gasteiger partial charge in [-0.25, -0.2) is 17.2 Å². The topological polar surface area (TPSA) is 59.1 Å². The molecule has 1 aromatic rings. The summed E-state index contributed by atoms with van der Waals surface area (Å²) in [6.45, 7) is 5.10. The molecule has 1 aromatic carbocycles. The lowest BCUT2D eigenvalue weighted by molar-refractivity contribution is -0.197. The standard InChI is InChI=1S/C19H24F2N2O4S/c20-14-5-15(21)7-17(6-14)28(24,25)23-3-1-19(2-4-23)8-16(9-27-19)22-10-18(11-22)12-26-13-18/h5-7,16H,1-4,8-13H2. The molecule has 4 aliphatic rings. The maximum atomic E-state index is 13.5. The first-order chi connectivity index (χ1) is 13.3. The molecule has 2 spiro atoms. The zero-order valence-electron chi connectivity index (χ0n) is 15.6. The molecule has 1 unspecified atom stereocenters. The van der Waals surface area contributed by atoms with Gasteiger partial charge in [-0.05, 0) is 31.4 Å². The summed E-state index contributed by atoms with van der Waals surface area (Å²) in [6.07, 6.45) is 2.11. The molecule has 4 fully saturated rings. The van der Waals surface area contributed by atoms with Crippen molar-refractivity contribution in [3.8, 4) is 0 Å². The van der Waals surface area contributed by atoms with Crippen LogP contribution >= 0.6 is 0 Å². The molecule has 5 rings (SSSR count). The van der Waals surface area contributed by atoms with Gasteiger partial charge in [0.15, 0.2) is 0 Å². The third-order valence-corrected chi connectivity index (χ3v) is 8.58. The molecule has 4 saturated heterocycles. The van der Waals surface area contributed by atoms with Crippen LogP contribution < -0.4 is 0 Å². The fraction of sp³-hybridized carbons (Fsp3) is 0.684. The van der Waals surface area contributed by atoms with Gasteiger partial charge in [0.05, 0.1) is 30.3 Å². The SMILES string of the molecule is O=S(=O)(c1cc(F)cc(F)c1)N1CCC2(CC1)CC(N1CC3(COC3)C1)CO2. The highest BCUT2D eigenvalue weighted by Gasteiger charge is 2.54. The average molecular weight is 414 g/mol. The minimum atomic E-state index is -3.91. The Hall–Kier alpha value is -1.13. The number of halogens is 2. The lowest BCUT2D eigenvalue weighted by Crippen LogP contribution is -2.68. The van der Waals surface area contributed by atoms with Gasteiger partial charge in [0, 0.05) is 43.7 Å². The summed E-state index contributed by atoms with van der Waals surface area (Å²) in [7, 11) is -3.91. The van der Waals surface area contributed by atoms with E-state index in [2.05, 4.69) is 4.90 Å². The van der Waals surface area contributed by atoms with Gasteiger partial charge in [0.25, 0.3) is 0 Å². The van der Waals surface area contributed by atoms with Crippen LogP contribution in [0.15, 0.2) is 23.1 Å². The summed E-state index contributed by atoms with van der Waals surface area (Å²) in [6, 6.07) is 2.79. The van der Waals surface area contributed by atoms with Gasteiger partial charge in [-0.1, -0.05) is 0 Å². The van der Waals surface area contributed by atoms with Crippen molar-refractivity contribution in [2.75, 3.05) is 46.0 Å². The maximum Gasteiger partial charge on any atom is 0.243 e. The number of likely N-dealkylation sites (tertiary alicyclic amines) is 1. The highest BCUT2D eigenvalue weighted by atomic mass is 32.2. The van der Waals surface area contributed by atoms with Gasteiger partial charge in [-0.3, -0.25) is 4.90 Å². The van der Waals surface area contributed by atoms with Crippen molar-refractivity contribution >= 4 is 10.0 Å². The van der Waals surface area contributed by atoms with Crippen LogP contribution in [0.3, 0.4) is 0 Å². The van der Waals surface area contributed by atoms with Crippen molar-refractivity contribution in [2.24, 2.45) is 5.41 Å². The van der Waals surface area contributed by atoms with E-state index in [9.17, 15) is 17.2 Å². The molecule has 0 radical (unpaired) electrons. The minimum Gasteiger partial charge on any atom is -0.380 e. The van der Waals surface area contributed by atoms with Crippen LogP contribution in [-0.2, 0) is 19.5 Å². The van der Waals surface area contributed by atoms with Gasteiger partial charge >= 0.3 is 0 Å². The number of benzene rings is 1. The van der Waals surface area contributed by atoms with Crippen molar-refractivity contribution in [2.45, 2.75) is 35.8 Å². The number of hydrogen-bond acceptors (Lipinski definition) is 5. The number of sulfonamides is 1. The first kappa shape index (κ1) is 18.9. The summed E-state index contributed by atoms with van der Waals surface area (Å²) < 4.78 is 65.2. The Labute approximate surface area is 163 Å². The van der Waals surface area contributed by atoms with Crippen molar-refractivity contribution in [1.29, 1.82) is 0 Å². The predicted octanol–water partition coefficient (Wildman–Crippen LogP) is 1.61. The van der Waals surface area contributed by atoms with Gasteiger partial charge in [-0.2, -0.15) is 4.31 Å². The molecule has 4 aliphatic heterocycles. The van der Waals surface area contributed by atoms with E-state index in [-0.39, 0.29) is 10.5 Å². The zero-order chi connectivity index (χ0) is 19.6. The van der Waals surface area contributed by atoms with Crippen LogP contribution in [0.4, 0.5) is 8.78 Å². The molecule has 0 N–H and O–H groups in total. The first-order valence-electron chi connectivity index (χ1n) is 9.71. The van der Waals surface area contributed by atoms with Crippen LogP contribution in [0.2, 0.25) is 0 Å². The van der Waals surface area contributed by atoms with E-state index in [0.717, 1.165) is 44.9 Å². The van der Waals surface area contributed by atoms with E-state index < -0.39 is 21.7 Å². The molecule has 28 heavy (non-hydrogen) atoms. The van der Waals surface area contributed by atoms with Gasteiger partial charge < -0.3 is 9.47 Å². The molecule has 0 saturated carbocycles. The first-order valence-corrected chi connectivity index (χ1v) is 11.2. The van der Waals surface area contributed by atoms with Crippen LogP contribution in [0.5, 0.6) is 0 Å². The normalized spacial score (nSPS) is 29.7. The van der Waals surface area contributed by atoms with E-state index >= 15 is 0 Å². The van der Waals surface area contributed by atoms with Gasteiger partial charge in [-0.15, -0.1) is 0 Å². The smallest absolute Gasteiger partial charge is 0.243 e.